The van der Waals surface area contributed by atoms with Crippen molar-refractivity contribution in [3.05, 3.63) is 69.7 Å². The molecule has 3 rings (SSSR count). The Balaban J connectivity index is 1.69. The first-order valence-electron chi connectivity index (χ1n) is 11.5. The molecular formula is C25H28Cl2N4O6S. The zero-order valence-corrected chi connectivity index (χ0v) is 23.5. The molecule has 0 saturated carbocycles. The normalized spacial score (nSPS) is 16.2. The molecule has 38 heavy (non-hydrogen) atoms. The highest BCUT2D eigenvalue weighted by atomic mass is 35.5. The van der Waals surface area contributed by atoms with E-state index in [-0.39, 0.29) is 6.54 Å². The number of urea groups is 1. The van der Waals surface area contributed by atoms with E-state index in [1.54, 1.807) is 69.3 Å². The van der Waals surface area contributed by atoms with Crippen LogP contribution in [-0.4, -0.2) is 57.1 Å². The number of amides is 4. The van der Waals surface area contributed by atoms with Gasteiger partial charge in [0.2, 0.25) is 0 Å². The maximum Gasteiger partial charge on any atom is 0.408 e. The molecule has 0 spiro atoms. The third kappa shape index (κ3) is 8.44. The summed E-state index contributed by atoms with van der Waals surface area (Å²) in [5.74, 6) is -1.23. The number of hydrogen-bond acceptors (Lipinski definition) is 7. The standard InChI is InChI=1S/C25H28Cl2N4O6S/c1-15(28-23(34)37-25(2,3)4)21(33)36-14-30-22(29-20(32)17-7-11-19(27)12-8-17)38-31(24(30)35)13-16-5-9-18(26)10-6-16/h5-12,15,22H,13-14H2,1-4H3,(H,28,34)(H,29,32). The highest BCUT2D eigenvalue weighted by Crippen LogP contribution is 2.31. The minimum absolute atomic E-state index is 0.217. The Morgan fingerprint density at radius 2 is 1.61 bits per heavy atom. The van der Waals surface area contributed by atoms with Gasteiger partial charge in [0, 0.05) is 27.6 Å². The van der Waals surface area contributed by atoms with Crippen LogP contribution in [0.25, 0.3) is 0 Å². The van der Waals surface area contributed by atoms with Crippen molar-refractivity contribution >= 4 is 59.2 Å². The van der Waals surface area contributed by atoms with Crippen molar-refractivity contribution in [2.24, 2.45) is 0 Å². The molecule has 1 fully saturated rings. The monoisotopic (exact) mass is 582 g/mol. The first-order chi connectivity index (χ1) is 17.8. The maximum absolute atomic E-state index is 13.2. The molecule has 2 N–H and O–H groups in total. The van der Waals surface area contributed by atoms with Gasteiger partial charge in [-0.05, 0) is 69.7 Å². The summed E-state index contributed by atoms with van der Waals surface area (Å²) in [5, 5.41) is 6.20. The predicted octanol–water partition coefficient (Wildman–Crippen LogP) is 5.01. The number of carbonyl (C=O) groups is 4. The molecule has 10 nitrogen and oxygen atoms in total. The van der Waals surface area contributed by atoms with E-state index < -0.39 is 47.9 Å². The van der Waals surface area contributed by atoms with E-state index in [2.05, 4.69) is 10.6 Å². The van der Waals surface area contributed by atoms with Crippen molar-refractivity contribution in [2.75, 3.05) is 6.73 Å². The summed E-state index contributed by atoms with van der Waals surface area (Å²) in [6.07, 6.45) is -0.781. The van der Waals surface area contributed by atoms with Gasteiger partial charge in [-0.1, -0.05) is 35.3 Å². The van der Waals surface area contributed by atoms with Crippen molar-refractivity contribution < 1.29 is 28.7 Å². The minimum atomic E-state index is -1.04. The van der Waals surface area contributed by atoms with Crippen LogP contribution < -0.4 is 10.6 Å². The molecule has 204 valence electrons. The molecule has 2 atom stereocenters. The summed E-state index contributed by atoms with van der Waals surface area (Å²) in [6, 6.07) is 11.7. The number of halogens is 2. The summed E-state index contributed by atoms with van der Waals surface area (Å²) in [4.78, 5) is 51.8. The van der Waals surface area contributed by atoms with Crippen molar-refractivity contribution in [3.8, 4) is 0 Å². The minimum Gasteiger partial charge on any atom is -0.444 e. The Kier molecular flexibility index (Phi) is 9.75. The molecule has 1 aliphatic rings. The van der Waals surface area contributed by atoms with Crippen molar-refractivity contribution in [1.82, 2.24) is 19.8 Å². The maximum atomic E-state index is 13.2. The van der Waals surface area contributed by atoms with Gasteiger partial charge in [-0.25, -0.2) is 14.4 Å². The van der Waals surface area contributed by atoms with Crippen LogP contribution in [0.1, 0.15) is 43.6 Å². The van der Waals surface area contributed by atoms with Crippen molar-refractivity contribution in [1.29, 1.82) is 0 Å². The fourth-order valence-corrected chi connectivity index (χ4v) is 4.49. The van der Waals surface area contributed by atoms with Gasteiger partial charge in [0.1, 0.15) is 11.6 Å². The predicted molar refractivity (Wildman–Crippen MR) is 144 cm³/mol. The number of benzene rings is 2. The number of nitrogens with one attached hydrogen (secondary N) is 2. The van der Waals surface area contributed by atoms with Crippen LogP contribution in [-0.2, 0) is 20.8 Å². The van der Waals surface area contributed by atoms with Gasteiger partial charge < -0.3 is 20.1 Å². The topological polar surface area (TPSA) is 117 Å². The lowest BCUT2D eigenvalue weighted by molar-refractivity contribution is -0.149. The van der Waals surface area contributed by atoms with Crippen LogP contribution >= 0.6 is 35.1 Å². The van der Waals surface area contributed by atoms with Crippen LogP contribution in [0.5, 0.6) is 0 Å². The average Bonchev–Trinajstić information content (AvgIpc) is 3.11. The zero-order chi connectivity index (χ0) is 28.0. The largest absolute Gasteiger partial charge is 0.444 e. The smallest absolute Gasteiger partial charge is 0.408 e. The molecule has 2 aromatic carbocycles. The second-order valence-electron chi connectivity index (χ2n) is 9.31. The molecule has 2 unspecified atom stereocenters. The summed E-state index contributed by atoms with van der Waals surface area (Å²) in [7, 11) is 0. The van der Waals surface area contributed by atoms with E-state index in [1.807, 2.05) is 0 Å². The molecule has 0 radical (unpaired) electrons. The van der Waals surface area contributed by atoms with Gasteiger partial charge in [0.15, 0.2) is 12.2 Å². The number of ether oxygens (including phenoxy) is 2. The Bertz CT molecular complexity index is 1170. The molecule has 4 amide bonds. The van der Waals surface area contributed by atoms with Gasteiger partial charge in [-0.3, -0.25) is 14.0 Å². The quantitative estimate of drug-likeness (QED) is 0.332. The summed E-state index contributed by atoms with van der Waals surface area (Å²) in [6.45, 7) is 6.27. The Labute approximate surface area is 235 Å². The first-order valence-corrected chi connectivity index (χ1v) is 13.1. The number of nitrogens with zero attached hydrogens (tertiary/aromatic N) is 2. The lowest BCUT2D eigenvalue weighted by atomic mass is 10.2. The highest BCUT2D eigenvalue weighted by Gasteiger charge is 2.40. The number of esters is 1. The molecule has 0 aromatic heterocycles. The lowest BCUT2D eigenvalue weighted by Crippen LogP contribution is -2.48. The number of alkyl carbamates (subject to hydrolysis) is 1. The molecule has 0 bridgehead atoms. The van der Waals surface area contributed by atoms with Gasteiger partial charge in [-0.15, -0.1) is 0 Å². The second-order valence-corrected chi connectivity index (χ2v) is 11.3. The van der Waals surface area contributed by atoms with Crippen LogP contribution in [0.2, 0.25) is 10.0 Å². The summed E-state index contributed by atoms with van der Waals surface area (Å²) < 4.78 is 11.9. The Hall–Kier alpha value is -3.15. The fourth-order valence-electron chi connectivity index (χ4n) is 3.15. The van der Waals surface area contributed by atoms with Gasteiger partial charge in [0.25, 0.3) is 5.91 Å². The lowest BCUT2D eigenvalue weighted by Gasteiger charge is -2.24. The van der Waals surface area contributed by atoms with Crippen LogP contribution in [0.15, 0.2) is 48.5 Å². The van der Waals surface area contributed by atoms with Crippen LogP contribution in [0.4, 0.5) is 9.59 Å². The van der Waals surface area contributed by atoms with Crippen molar-refractivity contribution in [2.45, 2.75) is 51.4 Å². The van der Waals surface area contributed by atoms with E-state index in [0.717, 1.165) is 17.5 Å². The molecule has 1 aliphatic heterocycles. The van der Waals surface area contributed by atoms with E-state index in [4.69, 9.17) is 32.7 Å². The van der Waals surface area contributed by atoms with Crippen LogP contribution in [0, 0.1) is 0 Å². The third-order valence-corrected chi connectivity index (χ3v) is 6.62. The van der Waals surface area contributed by atoms with Gasteiger partial charge in [-0.2, -0.15) is 0 Å². The molecule has 13 heteroatoms. The van der Waals surface area contributed by atoms with E-state index in [9.17, 15) is 19.2 Å². The van der Waals surface area contributed by atoms with Gasteiger partial charge in [0.05, 0.1) is 6.54 Å². The molecule has 0 aliphatic carbocycles. The summed E-state index contributed by atoms with van der Waals surface area (Å²) in [5.41, 5.74) is -0.464. The van der Waals surface area contributed by atoms with E-state index in [1.165, 1.54) is 16.1 Å². The third-order valence-electron chi connectivity index (χ3n) is 5.00. The molecular weight excluding hydrogens is 555 g/mol. The molecule has 1 heterocycles. The van der Waals surface area contributed by atoms with Crippen molar-refractivity contribution in [3.63, 3.8) is 0 Å². The molecule has 1 saturated heterocycles. The number of rotatable bonds is 8. The highest BCUT2D eigenvalue weighted by molar-refractivity contribution is 7.98. The number of carbonyl (C=O) groups excluding carboxylic acids is 4. The first kappa shape index (κ1) is 29.4. The van der Waals surface area contributed by atoms with Gasteiger partial charge >= 0.3 is 18.1 Å². The number of hydrogen-bond donors (Lipinski definition) is 2. The average molecular weight is 583 g/mol. The Morgan fingerprint density at radius 3 is 2.18 bits per heavy atom. The van der Waals surface area contributed by atoms with E-state index in [0.29, 0.717) is 15.6 Å². The SMILES string of the molecule is CC(NC(=O)OC(C)(C)C)C(=O)OCN1C(=O)N(Cc2ccc(Cl)cc2)SC1NC(=O)c1ccc(Cl)cc1. The zero-order valence-electron chi connectivity index (χ0n) is 21.2. The van der Waals surface area contributed by atoms with E-state index >= 15 is 0 Å². The second kappa shape index (κ2) is 12.6. The fraction of sp³-hybridized carbons (Fsp3) is 0.360. The summed E-state index contributed by atoms with van der Waals surface area (Å²) >= 11 is 12.9. The molecule has 2 aromatic rings. The van der Waals surface area contributed by atoms with Crippen LogP contribution in [0.3, 0.4) is 0 Å². The Morgan fingerprint density at radius 1 is 1.03 bits per heavy atom.